The summed E-state index contributed by atoms with van der Waals surface area (Å²) in [6.45, 7) is 22.3. The molecule has 0 radical (unpaired) electrons. The van der Waals surface area contributed by atoms with Crippen LogP contribution in [0.25, 0.3) is 0 Å². The van der Waals surface area contributed by atoms with Gasteiger partial charge in [0.1, 0.15) is 0 Å². The van der Waals surface area contributed by atoms with Gasteiger partial charge in [-0.05, 0) is 200 Å². The van der Waals surface area contributed by atoms with Crippen LogP contribution in [0.3, 0.4) is 0 Å². The zero-order valence-electron chi connectivity index (χ0n) is 30.3. The highest BCUT2D eigenvalue weighted by Gasteiger charge is 2.43. The van der Waals surface area contributed by atoms with E-state index in [2.05, 4.69) is 45.2 Å². The van der Waals surface area contributed by atoms with Gasteiger partial charge in [0.25, 0.3) is 0 Å². The van der Waals surface area contributed by atoms with Gasteiger partial charge in [-0.1, -0.05) is 68.4 Å². The summed E-state index contributed by atoms with van der Waals surface area (Å²) in [6.07, 6.45) is 28.7. The minimum absolute atomic E-state index is 0.947. The summed E-state index contributed by atoms with van der Waals surface area (Å²) in [7, 11) is 2.38. The predicted molar refractivity (Wildman–Crippen MR) is 197 cm³/mol. The number of rotatable bonds is 8. The van der Waals surface area contributed by atoms with Gasteiger partial charge < -0.3 is 4.90 Å². The Morgan fingerprint density at radius 2 is 0.870 bits per heavy atom. The van der Waals surface area contributed by atoms with E-state index in [1.807, 2.05) is 0 Å². The Labute approximate surface area is 285 Å². The summed E-state index contributed by atoms with van der Waals surface area (Å²) in [6, 6.07) is 0. The third-order valence-electron chi connectivity index (χ3n) is 15.7. The second kappa shape index (κ2) is 14.4. The molecule has 1 nitrogen and oxygen atoms in total. The van der Waals surface area contributed by atoms with E-state index in [-0.39, 0.29) is 0 Å². The first kappa shape index (κ1) is 33.4. The van der Waals surface area contributed by atoms with Gasteiger partial charge in [-0.15, -0.1) is 0 Å². The Balaban J connectivity index is 0.000000147. The molecule has 8 aliphatic carbocycles. The molecule has 0 N–H and O–H groups in total. The van der Waals surface area contributed by atoms with Crippen molar-refractivity contribution in [3.05, 3.63) is 48.6 Å². The lowest BCUT2D eigenvalue weighted by Crippen LogP contribution is -2.33. The zero-order chi connectivity index (χ0) is 31.9. The van der Waals surface area contributed by atoms with E-state index in [9.17, 15) is 0 Å². The minimum Gasteiger partial charge on any atom is -0.306 e. The molecule has 8 aliphatic rings. The third kappa shape index (κ3) is 7.71. The van der Waals surface area contributed by atoms with Crippen LogP contribution < -0.4 is 0 Å². The second-order valence-corrected chi connectivity index (χ2v) is 19.4. The second-order valence-electron chi connectivity index (χ2n) is 19.4. The monoisotopic (exact) mass is 626 g/mol. The maximum Gasteiger partial charge on any atom is 0.000959 e. The van der Waals surface area contributed by atoms with E-state index in [0.29, 0.717) is 0 Å². The van der Waals surface area contributed by atoms with Gasteiger partial charge in [-0.25, -0.2) is 0 Å². The van der Waals surface area contributed by atoms with Gasteiger partial charge in [0, 0.05) is 13.1 Å². The van der Waals surface area contributed by atoms with Gasteiger partial charge in [0.15, 0.2) is 0 Å². The first-order valence-electron chi connectivity index (χ1n) is 20.5. The molecular weight excluding hydrogens is 555 g/mol. The van der Waals surface area contributed by atoms with E-state index >= 15 is 0 Å². The Kier molecular flexibility index (Phi) is 10.5. The van der Waals surface area contributed by atoms with E-state index in [1.165, 1.54) is 153 Å². The largest absolute Gasteiger partial charge is 0.306 e. The lowest BCUT2D eigenvalue weighted by atomic mass is 9.70. The number of fused-ring (bicyclic) bond motifs is 4. The Bertz CT molecular complexity index is 1040. The Hall–Kier alpha value is -1.08. The summed E-state index contributed by atoms with van der Waals surface area (Å²) in [4.78, 5) is 2.68. The quantitative estimate of drug-likeness (QED) is 0.243. The highest BCUT2D eigenvalue weighted by Crippen LogP contribution is 2.52. The molecule has 0 saturated heterocycles. The van der Waals surface area contributed by atoms with Crippen LogP contribution in [-0.4, -0.2) is 25.0 Å². The zero-order valence-corrected chi connectivity index (χ0v) is 30.3. The molecule has 0 heterocycles. The van der Waals surface area contributed by atoms with Crippen LogP contribution in [0.15, 0.2) is 48.6 Å². The predicted octanol–water partition coefficient (Wildman–Crippen LogP) is 12.1. The molecule has 0 aromatic carbocycles. The molecule has 8 saturated carbocycles. The minimum atomic E-state index is 0.947. The number of allylic oxidation sites excluding steroid dienone is 4. The third-order valence-corrected chi connectivity index (χ3v) is 15.7. The van der Waals surface area contributed by atoms with Crippen LogP contribution in [0.4, 0.5) is 0 Å². The first-order valence-corrected chi connectivity index (χ1v) is 20.5. The standard InChI is InChI=1S/C24H38.C21H33N/c1-16(8-19-4-6-21-10-17(2)12-23(21)14-19)9-20-5-7-22-11-18(3)13-24(22)15-20;1-14-8-16-4-6-18(20(16)10-14)12-22(3)13-19-7-5-17-9-15(2)11-21(17)19/h16,19-24H,2-15H2,1H3;16-21H,1-2,4-13H2,3H3/t16?,19-,20?,21?,22?,23+,24+;16?,17?,18-,19-,20-,21-/m00/s1. The van der Waals surface area contributed by atoms with Crippen LogP contribution in [0.1, 0.15) is 135 Å². The van der Waals surface area contributed by atoms with Crippen molar-refractivity contribution in [3.8, 4) is 0 Å². The smallest absolute Gasteiger partial charge is 0.000959 e. The number of hydrogen-bond donors (Lipinski definition) is 0. The summed E-state index contributed by atoms with van der Waals surface area (Å²) < 4.78 is 0. The Morgan fingerprint density at radius 1 is 0.500 bits per heavy atom. The summed E-state index contributed by atoms with van der Waals surface area (Å²) in [5.41, 5.74) is 6.16. The normalized spacial score (nSPS) is 43.8. The van der Waals surface area contributed by atoms with E-state index in [4.69, 9.17) is 0 Å². The summed E-state index contributed by atoms with van der Waals surface area (Å²) in [5.74, 6) is 12.8. The molecule has 8 fully saturated rings. The molecule has 256 valence electrons. The van der Waals surface area contributed by atoms with Crippen LogP contribution in [0, 0.1) is 76.9 Å². The lowest BCUT2D eigenvalue weighted by Gasteiger charge is -2.35. The average molecular weight is 626 g/mol. The van der Waals surface area contributed by atoms with Crippen molar-refractivity contribution < 1.29 is 0 Å². The summed E-state index contributed by atoms with van der Waals surface area (Å²) in [5, 5.41) is 0. The molecule has 1 heteroatoms. The number of nitrogens with zero attached hydrogens (tertiary/aromatic N) is 1. The van der Waals surface area contributed by atoms with Crippen molar-refractivity contribution in [2.75, 3.05) is 20.1 Å². The van der Waals surface area contributed by atoms with Crippen molar-refractivity contribution in [1.29, 1.82) is 0 Å². The van der Waals surface area contributed by atoms with Crippen molar-refractivity contribution in [3.63, 3.8) is 0 Å². The fourth-order valence-electron chi connectivity index (χ4n) is 13.8. The Morgan fingerprint density at radius 3 is 1.33 bits per heavy atom. The van der Waals surface area contributed by atoms with Crippen LogP contribution in [0.5, 0.6) is 0 Å². The molecule has 0 amide bonds. The molecule has 6 unspecified atom stereocenters. The summed E-state index contributed by atoms with van der Waals surface area (Å²) >= 11 is 0. The molecule has 0 aromatic rings. The molecule has 8 rings (SSSR count). The highest BCUT2D eigenvalue weighted by molar-refractivity contribution is 5.12. The molecule has 0 bridgehead atoms. The highest BCUT2D eigenvalue weighted by atomic mass is 15.1. The van der Waals surface area contributed by atoms with Crippen molar-refractivity contribution in [2.45, 2.75) is 135 Å². The maximum absolute atomic E-state index is 4.27. The maximum atomic E-state index is 4.27. The van der Waals surface area contributed by atoms with Crippen LogP contribution in [0.2, 0.25) is 0 Å². The molecule has 0 aromatic heterocycles. The van der Waals surface area contributed by atoms with Gasteiger partial charge in [-0.2, -0.15) is 0 Å². The van der Waals surface area contributed by atoms with Gasteiger partial charge in [-0.3, -0.25) is 0 Å². The SMILES string of the molecule is C=C1CC2CCC(CC(C)C[C@@H]3CCC4CC(=C)C[C@@H]4C3)C[C@H]2C1.C=C1CC2CC[C@@H](CN(C)C[C@@H]3CCC4CC(=C)C[C@@H]43)[C@H]2C1. The first-order chi connectivity index (χ1) is 22.2. The topological polar surface area (TPSA) is 3.24 Å². The molecule has 13 atom stereocenters. The van der Waals surface area contributed by atoms with Crippen molar-refractivity contribution >= 4 is 0 Å². The van der Waals surface area contributed by atoms with Gasteiger partial charge in [0.2, 0.25) is 0 Å². The molecule has 46 heavy (non-hydrogen) atoms. The van der Waals surface area contributed by atoms with Gasteiger partial charge >= 0.3 is 0 Å². The van der Waals surface area contributed by atoms with Crippen molar-refractivity contribution in [1.82, 2.24) is 4.90 Å². The molecule has 0 aliphatic heterocycles. The van der Waals surface area contributed by atoms with Crippen LogP contribution in [-0.2, 0) is 0 Å². The molecule has 0 spiro atoms. The van der Waals surface area contributed by atoms with E-state index in [1.54, 1.807) is 11.1 Å². The van der Waals surface area contributed by atoms with Gasteiger partial charge in [0.05, 0.1) is 0 Å². The average Bonchev–Trinajstić information content (AvgIpc) is 3.83. The fourth-order valence-corrected chi connectivity index (χ4v) is 13.8. The fraction of sp³-hybridized carbons (Fsp3) is 0.822. The van der Waals surface area contributed by atoms with Crippen LogP contribution >= 0.6 is 0 Å². The van der Waals surface area contributed by atoms with E-state index < -0.39 is 0 Å². The number of hydrogen-bond acceptors (Lipinski definition) is 1. The van der Waals surface area contributed by atoms with Crippen molar-refractivity contribution in [2.24, 2.45) is 76.9 Å². The lowest BCUT2D eigenvalue weighted by molar-refractivity contribution is 0.154. The molecular formula is C45H71N. The van der Waals surface area contributed by atoms with E-state index in [0.717, 1.165) is 76.9 Å².